The number of nitrogens with one attached hydrogen (secondary N) is 1. The van der Waals surface area contributed by atoms with E-state index in [4.69, 9.17) is 0 Å². The summed E-state index contributed by atoms with van der Waals surface area (Å²) in [5.74, 6) is 0.175. The lowest BCUT2D eigenvalue weighted by molar-refractivity contribution is -0.913. The number of amides is 1. The molecular weight excluding hydrogens is 248 g/mol. The number of carbonyl (C=O) groups excluding carboxylic acids is 1. The van der Waals surface area contributed by atoms with E-state index in [1.54, 1.807) is 0 Å². The summed E-state index contributed by atoms with van der Waals surface area (Å²) in [6.45, 7) is 8.47. The number of benzene rings is 1. The van der Waals surface area contributed by atoms with Crippen LogP contribution >= 0.6 is 0 Å². The Labute approximate surface area is 122 Å². The number of likely N-dealkylation sites (N-methyl/N-ethyl adjacent to an activating group) is 1. The predicted molar refractivity (Wildman–Crippen MR) is 83.8 cm³/mol. The zero-order chi connectivity index (χ0) is 14.8. The third-order valence-corrected chi connectivity index (χ3v) is 4.76. The number of likely N-dealkylation sites (tertiary alicyclic amines) is 1. The Morgan fingerprint density at radius 1 is 1.25 bits per heavy atom. The van der Waals surface area contributed by atoms with Crippen LogP contribution in [-0.4, -0.2) is 36.6 Å². The maximum absolute atomic E-state index is 12.7. The van der Waals surface area contributed by atoms with Crippen LogP contribution < -0.4 is 5.32 Å². The molecule has 1 N–H and O–H groups in total. The van der Waals surface area contributed by atoms with Gasteiger partial charge in [0.1, 0.15) is 0 Å². The smallest absolute Gasteiger partial charge is 0.282 e. The lowest BCUT2D eigenvalue weighted by Gasteiger charge is -2.36. The molecule has 0 aromatic heterocycles. The molecule has 3 nitrogen and oxygen atoms in total. The van der Waals surface area contributed by atoms with Gasteiger partial charge in [-0.25, -0.2) is 0 Å². The highest BCUT2D eigenvalue weighted by molar-refractivity contribution is 5.95. The van der Waals surface area contributed by atoms with E-state index >= 15 is 0 Å². The predicted octanol–water partition coefficient (Wildman–Crippen LogP) is 3.26. The molecule has 1 saturated heterocycles. The second-order valence-corrected chi connectivity index (χ2v) is 6.31. The highest BCUT2D eigenvalue weighted by Gasteiger charge is 2.39. The molecule has 1 aliphatic heterocycles. The first kappa shape index (κ1) is 15.0. The lowest BCUT2D eigenvalue weighted by atomic mass is 10.1. The molecule has 1 aliphatic rings. The molecule has 1 amide bonds. The summed E-state index contributed by atoms with van der Waals surface area (Å²) < 4.78 is 0.896. The summed E-state index contributed by atoms with van der Waals surface area (Å²) >= 11 is 0. The van der Waals surface area contributed by atoms with Gasteiger partial charge in [-0.05, 0) is 25.0 Å². The molecule has 1 fully saturated rings. The second kappa shape index (κ2) is 5.96. The molecule has 0 aliphatic carbocycles. The number of carbonyl (C=O) groups is 1. The summed E-state index contributed by atoms with van der Waals surface area (Å²) in [6, 6.07) is 6.20. The fourth-order valence-electron chi connectivity index (χ4n) is 3.50. The number of nitrogens with zero attached hydrogens (tertiary/aromatic N) is 1. The van der Waals surface area contributed by atoms with E-state index in [2.05, 4.69) is 45.3 Å². The van der Waals surface area contributed by atoms with Crippen molar-refractivity contribution >= 4 is 11.6 Å². The molecule has 2 rings (SSSR count). The molecule has 20 heavy (non-hydrogen) atoms. The molecule has 1 aromatic rings. The maximum atomic E-state index is 12.7. The van der Waals surface area contributed by atoms with E-state index in [1.807, 2.05) is 6.07 Å². The Morgan fingerprint density at radius 3 is 2.30 bits per heavy atom. The molecule has 1 unspecified atom stereocenters. The van der Waals surface area contributed by atoms with E-state index in [0.717, 1.165) is 40.8 Å². The summed E-state index contributed by atoms with van der Waals surface area (Å²) in [5.41, 5.74) is 3.26. The van der Waals surface area contributed by atoms with Gasteiger partial charge in [-0.2, -0.15) is 0 Å². The highest BCUT2D eigenvalue weighted by atomic mass is 16.2. The van der Waals surface area contributed by atoms with Crippen LogP contribution in [0.4, 0.5) is 5.69 Å². The van der Waals surface area contributed by atoms with Gasteiger partial charge in [-0.3, -0.25) is 4.79 Å². The van der Waals surface area contributed by atoms with E-state index in [-0.39, 0.29) is 11.9 Å². The van der Waals surface area contributed by atoms with Crippen molar-refractivity contribution < 1.29 is 9.28 Å². The van der Waals surface area contributed by atoms with E-state index in [0.29, 0.717) is 0 Å². The number of hydrogen-bond donors (Lipinski definition) is 1. The molecule has 1 atom stereocenters. The average Bonchev–Trinajstić information content (AvgIpc) is 2.82. The van der Waals surface area contributed by atoms with Gasteiger partial charge in [-0.1, -0.05) is 25.1 Å². The molecular formula is C17H27N2O+. The van der Waals surface area contributed by atoms with E-state index in [1.165, 1.54) is 12.8 Å². The number of quaternary nitrogens is 1. The van der Waals surface area contributed by atoms with Crippen LogP contribution in [0.5, 0.6) is 0 Å². The lowest BCUT2D eigenvalue weighted by Crippen LogP contribution is -2.55. The van der Waals surface area contributed by atoms with Crippen LogP contribution in [0.3, 0.4) is 0 Å². The van der Waals surface area contributed by atoms with E-state index < -0.39 is 0 Å². The minimum absolute atomic E-state index is 0.0662. The van der Waals surface area contributed by atoms with Gasteiger partial charge in [0, 0.05) is 24.9 Å². The minimum Gasteiger partial charge on any atom is -0.320 e. The van der Waals surface area contributed by atoms with Crippen LogP contribution in [-0.2, 0) is 4.79 Å². The quantitative estimate of drug-likeness (QED) is 0.840. The molecule has 1 heterocycles. The van der Waals surface area contributed by atoms with Gasteiger partial charge in [0.15, 0.2) is 6.04 Å². The molecule has 3 heteroatoms. The first-order valence-electron chi connectivity index (χ1n) is 7.69. The molecule has 0 saturated carbocycles. The topological polar surface area (TPSA) is 29.1 Å². The fraction of sp³-hybridized carbons (Fsp3) is 0.588. The van der Waals surface area contributed by atoms with Crippen molar-refractivity contribution in [3.05, 3.63) is 29.3 Å². The highest BCUT2D eigenvalue weighted by Crippen LogP contribution is 2.25. The largest absolute Gasteiger partial charge is 0.320 e. The van der Waals surface area contributed by atoms with Crippen molar-refractivity contribution in [1.82, 2.24) is 0 Å². The monoisotopic (exact) mass is 275 g/mol. The average molecular weight is 275 g/mol. The third-order valence-electron chi connectivity index (χ3n) is 4.76. The summed E-state index contributed by atoms with van der Waals surface area (Å²) in [5, 5.41) is 3.18. The van der Waals surface area contributed by atoms with Crippen molar-refractivity contribution in [2.24, 2.45) is 0 Å². The second-order valence-electron chi connectivity index (χ2n) is 6.31. The van der Waals surface area contributed by atoms with Gasteiger partial charge in [0.2, 0.25) is 0 Å². The number of aryl methyl sites for hydroxylation is 2. The Hall–Kier alpha value is -1.35. The Morgan fingerprint density at radius 2 is 1.80 bits per heavy atom. The number of para-hydroxylation sites is 1. The van der Waals surface area contributed by atoms with Gasteiger partial charge in [0.05, 0.1) is 20.1 Å². The molecule has 1 aromatic carbocycles. The van der Waals surface area contributed by atoms with Crippen LogP contribution in [0.15, 0.2) is 18.2 Å². The minimum atomic E-state index is 0.0662. The normalized spacial score (nSPS) is 18.8. The Balaban J connectivity index is 2.18. The number of rotatable bonds is 4. The van der Waals surface area contributed by atoms with Crippen molar-refractivity contribution in [3.8, 4) is 0 Å². The first-order chi connectivity index (χ1) is 9.48. The SMILES string of the molecule is CCC(C(=O)Nc1c(C)cccc1C)[N+]1(C)CCCC1. The Kier molecular flexibility index (Phi) is 4.48. The molecule has 0 spiro atoms. The van der Waals surface area contributed by atoms with Crippen LogP contribution in [0.25, 0.3) is 0 Å². The maximum Gasteiger partial charge on any atom is 0.282 e. The Bertz CT molecular complexity index is 470. The third kappa shape index (κ3) is 2.88. The van der Waals surface area contributed by atoms with Crippen molar-refractivity contribution in [3.63, 3.8) is 0 Å². The van der Waals surface area contributed by atoms with Crippen molar-refractivity contribution in [1.29, 1.82) is 0 Å². The molecule has 0 radical (unpaired) electrons. The first-order valence-corrected chi connectivity index (χ1v) is 7.69. The van der Waals surface area contributed by atoms with Crippen molar-refractivity contribution in [2.75, 3.05) is 25.5 Å². The summed E-state index contributed by atoms with van der Waals surface area (Å²) in [4.78, 5) is 12.7. The molecule has 0 bridgehead atoms. The number of anilines is 1. The van der Waals surface area contributed by atoms with Crippen molar-refractivity contribution in [2.45, 2.75) is 46.1 Å². The summed E-state index contributed by atoms with van der Waals surface area (Å²) in [7, 11) is 2.23. The van der Waals surface area contributed by atoms with Crippen LogP contribution in [0, 0.1) is 13.8 Å². The zero-order valence-corrected chi connectivity index (χ0v) is 13.2. The summed E-state index contributed by atoms with van der Waals surface area (Å²) in [6.07, 6.45) is 3.38. The zero-order valence-electron chi connectivity index (χ0n) is 13.2. The van der Waals surface area contributed by atoms with Gasteiger partial charge in [-0.15, -0.1) is 0 Å². The van der Waals surface area contributed by atoms with Gasteiger partial charge in [0.25, 0.3) is 5.91 Å². The standard InChI is InChI=1S/C17H26N2O/c1-5-15(19(4)11-6-7-12-19)17(20)18-16-13(2)9-8-10-14(16)3/h8-10,15H,5-7,11-12H2,1-4H3/p+1. The van der Waals surface area contributed by atoms with Gasteiger partial charge >= 0.3 is 0 Å². The number of hydrogen-bond acceptors (Lipinski definition) is 1. The van der Waals surface area contributed by atoms with Gasteiger partial charge < -0.3 is 9.80 Å². The van der Waals surface area contributed by atoms with Crippen LogP contribution in [0.2, 0.25) is 0 Å². The fourth-order valence-corrected chi connectivity index (χ4v) is 3.50. The molecule has 110 valence electrons. The van der Waals surface area contributed by atoms with Crippen LogP contribution in [0.1, 0.15) is 37.3 Å². The van der Waals surface area contributed by atoms with E-state index in [9.17, 15) is 4.79 Å².